The molecule has 0 amide bonds. The molecule has 0 bridgehead atoms. The Morgan fingerprint density at radius 3 is 2.84 bits per heavy atom. The lowest BCUT2D eigenvalue weighted by molar-refractivity contribution is 0.0686. The van der Waals surface area contributed by atoms with E-state index in [1.807, 2.05) is 24.3 Å². The summed E-state index contributed by atoms with van der Waals surface area (Å²) < 4.78 is 3.40. The van der Waals surface area contributed by atoms with Crippen LogP contribution in [-0.2, 0) is 13.6 Å². The van der Waals surface area contributed by atoms with Crippen LogP contribution in [0.15, 0.2) is 36.5 Å². The second-order valence-corrected chi connectivity index (χ2v) is 4.33. The zero-order valence-corrected chi connectivity index (χ0v) is 10.3. The highest BCUT2D eigenvalue weighted by Crippen LogP contribution is 2.21. The van der Waals surface area contributed by atoms with E-state index in [0.29, 0.717) is 6.54 Å². The third-order valence-corrected chi connectivity index (χ3v) is 3.16. The molecule has 0 atom stereocenters. The van der Waals surface area contributed by atoms with E-state index in [9.17, 15) is 9.90 Å². The molecule has 6 nitrogen and oxygen atoms in total. The molecule has 19 heavy (non-hydrogen) atoms. The van der Waals surface area contributed by atoms with Crippen molar-refractivity contribution in [1.82, 2.24) is 19.6 Å². The second kappa shape index (κ2) is 4.24. The number of hydrogen-bond acceptors (Lipinski definition) is 3. The summed E-state index contributed by atoms with van der Waals surface area (Å²) in [6.07, 6.45) is 1.64. The molecule has 0 radical (unpaired) electrons. The molecule has 0 fully saturated rings. The Kier molecular flexibility index (Phi) is 2.56. The minimum Gasteiger partial charge on any atom is -0.477 e. The molecule has 2 aromatic heterocycles. The first-order chi connectivity index (χ1) is 9.16. The molecule has 0 spiro atoms. The van der Waals surface area contributed by atoms with Crippen LogP contribution in [-0.4, -0.2) is 30.6 Å². The zero-order valence-electron chi connectivity index (χ0n) is 10.3. The highest BCUT2D eigenvalue weighted by atomic mass is 16.4. The van der Waals surface area contributed by atoms with Crippen LogP contribution in [0.1, 0.15) is 16.2 Å². The van der Waals surface area contributed by atoms with Gasteiger partial charge in [0.15, 0.2) is 0 Å². The van der Waals surface area contributed by atoms with Crippen molar-refractivity contribution < 1.29 is 9.90 Å². The van der Waals surface area contributed by atoms with Crippen LogP contribution in [0.5, 0.6) is 0 Å². The molecule has 1 aromatic carbocycles. The maximum absolute atomic E-state index is 11.3. The van der Waals surface area contributed by atoms with Gasteiger partial charge >= 0.3 is 5.97 Å². The van der Waals surface area contributed by atoms with Gasteiger partial charge in [-0.05, 0) is 12.1 Å². The van der Waals surface area contributed by atoms with Gasteiger partial charge in [-0.1, -0.05) is 23.4 Å². The molecule has 6 heteroatoms. The topological polar surface area (TPSA) is 72.9 Å². The van der Waals surface area contributed by atoms with Gasteiger partial charge in [-0.15, -0.1) is 5.10 Å². The molecule has 0 aliphatic carbocycles. The number of carboxylic acid groups (broad SMARTS) is 1. The van der Waals surface area contributed by atoms with Gasteiger partial charge < -0.3 is 9.67 Å². The van der Waals surface area contributed by atoms with E-state index in [1.165, 1.54) is 0 Å². The summed E-state index contributed by atoms with van der Waals surface area (Å²) >= 11 is 0. The van der Waals surface area contributed by atoms with Gasteiger partial charge in [0.2, 0.25) is 0 Å². The van der Waals surface area contributed by atoms with Crippen molar-refractivity contribution in [2.24, 2.45) is 7.05 Å². The van der Waals surface area contributed by atoms with E-state index in [-0.39, 0.29) is 5.69 Å². The van der Waals surface area contributed by atoms with Crippen LogP contribution < -0.4 is 0 Å². The molecule has 0 aliphatic heterocycles. The largest absolute Gasteiger partial charge is 0.477 e. The molecule has 2 heterocycles. The normalized spacial score (nSPS) is 11.0. The SMILES string of the molecule is Cn1nncc1Cn1c(C(=O)O)cc2ccccc21. The fourth-order valence-corrected chi connectivity index (χ4v) is 2.17. The summed E-state index contributed by atoms with van der Waals surface area (Å²) in [5.41, 5.74) is 2.01. The molecule has 0 unspecified atom stereocenters. The monoisotopic (exact) mass is 256 g/mol. The average molecular weight is 256 g/mol. The van der Waals surface area contributed by atoms with Gasteiger partial charge in [0.05, 0.1) is 18.4 Å². The minimum atomic E-state index is -0.939. The van der Waals surface area contributed by atoms with Crippen LogP contribution in [0.4, 0.5) is 0 Å². The number of para-hydroxylation sites is 1. The number of rotatable bonds is 3. The fourth-order valence-electron chi connectivity index (χ4n) is 2.17. The first-order valence-electron chi connectivity index (χ1n) is 5.82. The summed E-state index contributed by atoms with van der Waals surface area (Å²) in [6.45, 7) is 0.429. The van der Waals surface area contributed by atoms with Crippen LogP contribution >= 0.6 is 0 Å². The average Bonchev–Trinajstić information content (AvgIpc) is 2.95. The number of benzene rings is 1. The van der Waals surface area contributed by atoms with Crippen molar-refractivity contribution in [3.8, 4) is 0 Å². The molecule has 0 aliphatic rings. The van der Waals surface area contributed by atoms with Crippen molar-refractivity contribution in [3.05, 3.63) is 47.9 Å². The number of carbonyl (C=O) groups is 1. The summed E-state index contributed by atoms with van der Waals surface area (Å²) in [5.74, 6) is -0.939. The maximum atomic E-state index is 11.3. The van der Waals surface area contributed by atoms with Gasteiger partial charge in [-0.25, -0.2) is 4.79 Å². The fraction of sp³-hybridized carbons (Fsp3) is 0.154. The van der Waals surface area contributed by atoms with Crippen molar-refractivity contribution in [2.75, 3.05) is 0 Å². The standard InChI is InChI=1S/C13H12N4O2/c1-16-10(7-14-15-16)8-17-11-5-3-2-4-9(11)6-12(17)13(18)19/h2-7H,8H2,1H3,(H,18,19). The van der Waals surface area contributed by atoms with Gasteiger partial charge in [0.1, 0.15) is 5.69 Å². The molecule has 1 N–H and O–H groups in total. The van der Waals surface area contributed by atoms with E-state index in [1.54, 1.807) is 28.6 Å². The molecule has 3 rings (SSSR count). The third kappa shape index (κ3) is 1.87. The summed E-state index contributed by atoms with van der Waals surface area (Å²) in [7, 11) is 1.79. The van der Waals surface area contributed by atoms with E-state index in [0.717, 1.165) is 16.6 Å². The lowest BCUT2D eigenvalue weighted by Gasteiger charge is -2.07. The third-order valence-electron chi connectivity index (χ3n) is 3.16. The van der Waals surface area contributed by atoms with Crippen LogP contribution in [0, 0.1) is 0 Å². The molecule has 96 valence electrons. The first-order valence-corrected chi connectivity index (χ1v) is 5.82. The predicted octanol–water partition coefficient (Wildman–Crippen LogP) is 1.52. The van der Waals surface area contributed by atoms with E-state index in [2.05, 4.69) is 10.3 Å². The van der Waals surface area contributed by atoms with Crippen molar-refractivity contribution >= 4 is 16.9 Å². The van der Waals surface area contributed by atoms with Crippen molar-refractivity contribution in [3.63, 3.8) is 0 Å². The minimum absolute atomic E-state index is 0.266. The zero-order chi connectivity index (χ0) is 13.4. The predicted molar refractivity (Wildman–Crippen MR) is 69.0 cm³/mol. The van der Waals surface area contributed by atoms with E-state index < -0.39 is 5.97 Å². The molecule has 3 aromatic rings. The Bertz CT molecular complexity index is 757. The highest BCUT2D eigenvalue weighted by molar-refractivity contribution is 5.94. The quantitative estimate of drug-likeness (QED) is 0.771. The number of fused-ring (bicyclic) bond motifs is 1. The molecule has 0 saturated carbocycles. The number of aromatic nitrogens is 4. The van der Waals surface area contributed by atoms with Gasteiger partial charge in [-0.2, -0.15) is 0 Å². The summed E-state index contributed by atoms with van der Waals surface area (Å²) in [4.78, 5) is 11.3. The number of nitrogens with zero attached hydrogens (tertiary/aromatic N) is 4. The maximum Gasteiger partial charge on any atom is 0.352 e. The lowest BCUT2D eigenvalue weighted by atomic mass is 10.2. The Morgan fingerprint density at radius 2 is 2.16 bits per heavy atom. The number of aryl methyl sites for hydroxylation is 1. The number of carboxylic acids is 1. The van der Waals surface area contributed by atoms with E-state index in [4.69, 9.17) is 0 Å². The van der Waals surface area contributed by atoms with Gasteiger partial charge in [-0.3, -0.25) is 4.68 Å². The molecule has 0 saturated heterocycles. The van der Waals surface area contributed by atoms with Crippen LogP contribution in [0.2, 0.25) is 0 Å². The molecular formula is C13H12N4O2. The van der Waals surface area contributed by atoms with E-state index >= 15 is 0 Å². The Labute approximate surface area is 108 Å². The van der Waals surface area contributed by atoms with Crippen molar-refractivity contribution in [1.29, 1.82) is 0 Å². The van der Waals surface area contributed by atoms with Crippen molar-refractivity contribution in [2.45, 2.75) is 6.54 Å². The Hall–Kier alpha value is -2.63. The summed E-state index contributed by atoms with van der Waals surface area (Å²) in [5, 5.41) is 17.9. The Balaban J connectivity index is 2.18. The summed E-state index contributed by atoms with van der Waals surface area (Å²) in [6, 6.07) is 9.28. The second-order valence-electron chi connectivity index (χ2n) is 4.33. The van der Waals surface area contributed by atoms with Crippen LogP contribution in [0.25, 0.3) is 10.9 Å². The molecular weight excluding hydrogens is 244 g/mol. The first kappa shape index (κ1) is 11.5. The van der Waals surface area contributed by atoms with Gasteiger partial charge in [0.25, 0.3) is 0 Å². The smallest absolute Gasteiger partial charge is 0.352 e. The van der Waals surface area contributed by atoms with Gasteiger partial charge in [0, 0.05) is 18.0 Å². The lowest BCUT2D eigenvalue weighted by Crippen LogP contribution is -2.11. The number of aromatic carboxylic acids is 1. The van der Waals surface area contributed by atoms with Crippen LogP contribution in [0.3, 0.4) is 0 Å². The number of hydrogen-bond donors (Lipinski definition) is 1. The highest BCUT2D eigenvalue weighted by Gasteiger charge is 2.15. The Morgan fingerprint density at radius 1 is 1.37 bits per heavy atom.